The number of aromatic nitrogens is 1. The molecule has 3 rings (SSSR count). The van der Waals surface area contributed by atoms with E-state index in [2.05, 4.69) is 39.5 Å². The first-order valence-electron chi connectivity index (χ1n) is 8.64. The molecule has 3 N–H and O–H groups in total. The lowest BCUT2D eigenvalue weighted by atomic mass is 9.87. The summed E-state index contributed by atoms with van der Waals surface area (Å²) in [6.45, 7) is 8.70. The van der Waals surface area contributed by atoms with Crippen LogP contribution in [-0.2, 0) is 24.3 Å². The molecule has 27 heavy (non-hydrogen) atoms. The molecule has 0 unspecified atom stereocenters. The zero-order chi connectivity index (χ0) is 18.0. The minimum atomic E-state index is -0.553. The third-order valence-corrected chi connectivity index (χ3v) is 5.50. The van der Waals surface area contributed by atoms with Crippen molar-refractivity contribution in [2.45, 2.75) is 46.3 Å². The first-order valence-corrected chi connectivity index (χ1v) is 9.46. The molecule has 5 nitrogen and oxygen atoms in total. The summed E-state index contributed by atoms with van der Waals surface area (Å²) < 4.78 is 0. The molecule has 1 aliphatic heterocycles. The van der Waals surface area contributed by atoms with Gasteiger partial charge in [-0.15, -0.1) is 36.2 Å². The fourth-order valence-electron chi connectivity index (χ4n) is 2.85. The Labute approximate surface area is 177 Å². The van der Waals surface area contributed by atoms with Crippen molar-refractivity contribution in [3.05, 3.63) is 46.5 Å². The van der Waals surface area contributed by atoms with Gasteiger partial charge in [0.2, 0.25) is 5.91 Å². The van der Waals surface area contributed by atoms with Crippen molar-refractivity contribution < 1.29 is 4.79 Å². The Morgan fingerprint density at radius 3 is 2.59 bits per heavy atom. The number of rotatable bonds is 4. The summed E-state index contributed by atoms with van der Waals surface area (Å²) in [6.07, 6.45) is 0.917. The minimum Gasteiger partial charge on any atom is -0.319 e. The van der Waals surface area contributed by atoms with Crippen molar-refractivity contribution in [2.75, 3.05) is 11.9 Å². The molecular weight excluding hydrogens is 403 g/mol. The van der Waals surface area contributed by atoms with E-state index < -0.39 is 6.04 Å². The fourth-order valence-corrected chi connectivity index (χ4v) is 3.91. The molecule has 2 heterocycles. The van der Waals surface area contributed by atoms with E-state index in [1.165, 1.54) is 10.4 Å². The van der Waals surface area contributed by atoms with E-state index in [0.717, 1.165) is 31.7 Å². The maximum absolute atomic E-state index is 12.3. The highest BCUT2D eigenvalue weighted by atomic mass is 35.5. The average molecular weight is 431 g/mol. The van der Waals surface area contributed by atoms with Gasteiger partial charge in [-0.25, -0.2) is 4.98 Å². The molecule has 1 aliphatic rings. The second-order valence-electron chi connectivity index (χ2n) is 7.67. The standard InChI is InChI=1S/C19H26N4OS.2ClH/c1-19(2,3)16(20)17(24)22-18-21-14-9-10-23(12-15(14)25-18)11-13-7-5-4-6-8-13;;/h4-8,16H,9-12,20H2,1-3H3,(H,21,22,24);2*1H/t16-;;/m1../s1. The summed E-state index contributed by atoms with van der Waals surface area (Å²) in [5.41, 5.74) is 8.18. The highest BCUT2D eigenvalue weighted by molar-refractivity contribution is 7.15. The molecule has 0 saturated carbocycles. The highest BCUT2D eigenvalue weighted by Gasteiger charge is 2.29. The lowest BCUT2D eigenvalue weighted by Gasteiger charge is -2.25. The number of fused-ring (bicyclic) bond motifs is 1. The molecular formula is C19H28Cl2N4OS. The first-order chi connectivity index (χ1) is 11.8. The lowest BCUT2D eigenvalue weighted by molar-refractivity contribution is -0.119. The zero-order valence-electron chi connectivity index (χ0n) is 15.9. The molecule has 0 fully saturated rings. The molecule has 1 aromatic heterocycles. The van der Waals surface area contributed by atoms with Crippen LogP contribution in [0.5, 0.6) is 0 Å². The van der Waals surface area contributed by atoms with Crippen LogP contribution in [0.4, 0.5) is 5.13 Å². The average Bonchev–Trinajstić information content (AvgIpc) is 2.95. The molecule has 8 heteroatoms. The number of carbonyl (C=O) groups excluding carboxylic acids is 1. The molecule has 1 atom stereocenters. The number of hydrogen-bond acceptors (Lipinski definition) is 5. The molecule has 0 radical (unpaired) electrons. The van der Waals surface area contributed by atoms with Gasteiger partial charge in [-0.2, -0.15) is 0 Å². The summed E-state index contributed by atoms with van der Waals surface area (Å²) in [4.78, 5) is 20.6. The summed E-state index contributed by atoms with van der Waals surface area (Å²) in [7, 11) is 0. The van der Waals surface area contributed by atoms with E-state index in [4.69, 9.17) is 5.73 Å². The van der Waals surface area contributed by atoms with Gasteiger partial charge in [0.1, 0.15) is 0 Å². The Kier molecular flexibility index (Phi) is 8.70. The fraction of sp³-hybridized carbons (Fsp3) is 0.474. The van der Waals surface area contributed by atoms with Crippen molar-refractivity contribution in [3.8, 4) is 0 Å². The van der Waals surface area contributed by atoms with Crippen LogP contribution in [0.2, 0.25) is 0 Å². The second-order valence-corrected chi connectivity index (χ2v) is 8.75. The lowest BCUT2D eigenvalue weighted by Crippen LogP contribution is -2.45. The summed E-state index contributed by atoms with van der Waals surface area (Å²) in [5, 5.41) is 3.56. The van der Waals surface area contributed by atoms with Crippen LogP contribution in [0.1, 0.15) is 36.9 Å². The van der Waals surface area contributed by atoms with Gasteiger partial charge < -0.3 is 11.1 Å². The van der Waals surface area contributed by atoms with E-state index in [0.29, 0.717) is 5.13 Å². The highest BCUT2D eigenvalue weighted by Crippen LogP contribution is 2.29. The van der Waals surface area contributed by atoms with Crippen LogP contribution in [0.25, 0.3) is 0 Å². The molecule has 1 amide bonds. The van der Waals surface area contributed by atoms with E-state index in [-0.39, 0.29) is 36.1 Å². The maximum atomic E-state index is 12.3. The van der Waals surface area contributed by atoms with Gasteiger partial charge in [0.25, 0.3) is 0 Å². The number of hydrogen-bond donors (Lipinski definition) is 2. The quantitative estimate of drug-likeness (QED) is 0.772. The van der Waals surface area contributed by atoms with Gasteiger partial charge in [-0.3, -0.25) is 9.69 Å². The van der Waals surface area contributed by atoms with Crippen LogP contribution in [0.3, 0.4) is 0 Å². The van der Waals surface area contributed by atoms with E-state index >= 15 is 0 Å². The number of thiazole rings is 1. The number of halogens is 2. The van der Waals surface area contributed by atoms with E-state index in [9.17, 15) is 4.79 Å². The molecule has 0 bridgehead atoms. The van der Waals surface area contributed by atoms with E-state index in [1.54, 1.807) is 11.3 Å². The predicted octanol–water partition coefficient (Wildman–Crippen LogP) is 3.86. The molecule has 150 valence electrons. The Bertz CT molecular complexity index is 746. The Balaban J connectivity index is 0.00000182. The molecule has 0 spiro atoms. The van der Waals surface area contributed by atoms with Gasteiger partial charge in [-0.1, -0.05) is 51.1 Å². The monoisotopic (exact) mass is 430 g/mol. The number of amides is 1. The van der Waals surface area contributed by atoms with Crippen LogP contribution in [-0.4, -0.2) is 28.4 Å². The van der Waals surface area contributed by atoms with Crippen molar-refractivity contribution in [1.29, 1.82) is 0 Å². The van der Waals surface area contributed by atoms with Crippen LogP contribution >= 0.6 is 36.2 Å². The van der Waals surface area contributed by atoms with Gasteiger partial charge in [0.05, 0.1) is 11.7 Å². The smallest absolute Gasteiger partial charge is 0.243 e. The third kappa shape index (κ3) is 6.16. The van der Waals surface area contributed by atoms with Crippen molar-refractivity contribution in [3.63, 3.8) is 0 Å². The Morgan fingerprint density at radius 1 is 1.30 bits per heavy atom. The summed E-state index contributed by atoms with van der Waals surface area (Å²) in [5.74, 6) is -0.167. The SMILES string of the molecule is CC(C)(C)[C@H](N)C(=O)Nc1nc2c(s1)CN(Cc1ccccc1)CC2.Cl.Cl. The zero-order valence-corrected chi connectivity index (χ0v) is 18.3. The van der Waals surface area contributed by atoms with Crippen LogP contribution < -0.4 is 11.1 Å². The van der Waals surface area contributed by atoms with Crippen LogP contribution in [0, 0.1) is 5.41 Å². The number of nitrogens with two attached hydrogens (primary N) is 1. The summed E-state index contributed by atoms with van der Waals surface area (Å²) in [6, 6.07) is 9.94. The Morgan fingerprint density at radius 2 is 1.96 bits per heavy atom. The third-order valence-electron chi connectivity index (χ3n) is 4.50. The van der Waals surface area contributed by atoms with Gasteiger partial charge in [-0.05, 0) is 11.0 Å². The predicted molar refractivity (Wildman–Crippen MR) is 117 cm³/mol. The molecule has 1 aromatic carbocycles. The minimum absolute atomic E-state index is 0. The summed E-state index contributed by atoms with van der Waals surface area (Å²) >= 11 is 1.57. The van der Waals surface area contributed by atoms with Gasteiger partial charge in [0.15, 0.2) is 5.13 Å². The second kappa shape index (κ2) is 9.85. The largest absolute Gasteiger partial charge is 0.319 e. The molecule has 2 aromatic rings. The number of carbonyl (C=O) groups is 1. The first kappa shape index (κ1) is 23.9. The van der Waals surface area contributed by atoms with Gasteiger partial charge in [0, 0.05) is 30.9 Å². The van der Waals surface area contributed by atoms with Gasteiger partial charge >= 0.3 is 0 Å². The Hall–Kier alpha value is -1.18. The molecule has 0 aliphatic carbocycles. The van der Waals surface area contributed by atoms with Crippen molar-refractivity contribution >= 4 is 47.2 Å². The maximum Gasteiger partial charge on any atom is 0.243 e. The number of benzene rings is 1. The van der Waals surface area contributed by atoms with Crippen LogP contribution in [0.15, 0.2) is 30.3 Å². The van der Waals surface area contributed by atoms with Crippen molar-refractivity contribution in [2.24, 2.45) is 11.1 Å². The normalized spacial score (nSPS) is 15.1. The van der Waals surface area contributed by atoms with E-state index in [1.807, 2.05) is 26.8 Å². The number of nitrogens with one attached hydrogen (secondary N) is 1. The number of anilines is 1. The number of nitrogens with zero attached hydrogens (tertiary/aromatic N) is 2. The topological polar surface area (TPSA) is 71.2 Å². The molecule has 0 saturated heterocycles. The van der Waals surface area contributed by atoms with Crippen molar-refractivity contribution in [1.82, 2.24) is 9.88 Å².